The number of piperidine rings is 1. The SMILES string of the molecule is C[C@@H](C(=O)Nc1ccc(F)cc1)N1CC[C@@H]2CCCC[C@@H]2C1. The van der Waals surface area contributed by atoms with Gasteiger partial charge in [-0.25, -0.2) is 4.39 Å². The summed E-state index contributed by atoms with van der Waals surface area (Å²) < 4.78 is 12.9. The number of fused-ring (bicyclic) bond motifs is 1. The summed E-state index contributed by atoms with van der Waals surface area (Å²) in [5.74, 6) is 1.35. The number of carbonyl (C=O) groups excluding carboxylic acids is 1. The quantitative estimate of drug-likeness (QED) is 0.924. The van der Waals surface area contributed by atoms with Gasteiger partial charge in [-0.2, -0.15) is 0 Å². The maximum atomic E-state index is 12.9. The monoisotopic (exact) mass is 304 g/mol. The molecule has 0 bridgehead atoms. The van der Waals surface area contributed by atoms with E-state index in [1.54, 1.807) is 12.1 Å². The van der Waals surface area contributed by atoms with Gasteiger partial charge in [0.1, 0.15) is 5.82 Å². The number of anilines is 1. The van der Waals surface area contributed by atoms with E-state index in [1.165, 1.54) is 44.2 Å². The molecule has 1 aromatic carbocycles. The molecule has 1 saturated heterocycles. The van der Waals surface area contributed by atoms with E-state index in [9.17, 15) is 9.18 Å². The van der Waals surface area contributed by atoms with Gasteiger partial charge in [0.15, 0.2) is 0 Å². The van der Waals surface area contributed by atoms with Gasteiger partial charge < -0.3 is 5.32 Å². The fourth-order valence-electron chi connectivity index (χ4n) is 3.93. The lowest BCUT2D eigenvalue weighted by molar-refractivity contribution is -0.122. The standard InChI is InChI=1S/C18H25FN2O/c1-13(18(22)20-17-8-6-16(19)7-9-17)21-11-10-14-4-2-3-5-15(14)12-21/h6-9,13-15H,2-5,10-12H2,1H3,(H,20,22)/t13-,14-,15+/m0/s1. The summed E-state index contributed by atoms with van der Waals surface area (Å²) >= 11 is 0. The molecule has 3 atom stereocenters. The molecule has 4 heteroatoms. The van der Waals surface area contributed by atoms with Gasteiger partial charge in [-0.1, -0.05) is 19.3 Å². The third-order valence-corrected chi connectivity index (χ3v) is 5.36. The van der Waals surface area contributed by atoms with Crippen molar-refractivity contribution < 1.29 is 9.18 Å². The fourth-order valence-corrected chi connectivity index (χ4v) is 3.93. The van der Waals surface area contributed by atoms with Crippen LogP contribution in [0.5, 0.6) is 0 Å². The Labute approximate surface area is 131 Å². The Kier molecular flexibility index (Phi) is 4.77. The summed E-state index contributed by atoms with van der Waals surface area (Å²) in [7, 11) is 0. The molecule has 0 spiro atoms. The zero-order valence-corrected chi connectivity index (χ0v) is 13.2. The number of hydrogen-bond donors (Lipinski definition) is 1. The molecule has 3 nitrogen and oxygen atoms in total. The predicted molar refractivity (Wildman–Crippen MR) is 86.1 cm³/mol. The molecule has 1 saturated carbocycles. The molecule has 0 unspecified atom stereocenters. The summed E-state index contributed by atoms with van der Waals surface area (Å²) in [5, 5.41) is 2.89. The lowest BCUT2D eigenvalue weighted by Gasteiger charge is -2.43. The maximum absolute atomic E-state index is 12.9. The van der Waals surface area contributed by atoms with Crippen LogP contribution in [-0.2, 0) is 4.79 Å². The van der Waals surface area contributed by atoms with E-state index in [0.29, 0.717) is 5.69 Å². The van der Waals surface area contributed by atoms with Gasteiger partial charge >= 0.3 is 0 Å². The second-order valence-electron chi connectivity index (χ2n) is 6.76. The molecule has 1 heterocycles. The van der Waals surface area contributed by atoms with E-state index < -0.39 is 0 Å². The van der Waals surface area contributed by atoms with Crippen molar-refractivity contribution in [3.05, 3.63) is 30.1 Å². The first-order valence-corrected chi connectivity index (χ1v) is 8.44. The molecule has 120 valence electrons. The van der Waals surface area contributed by atoms with Crippen LogP contribution in [-0.4, -0.2) is 29.9 Å². The van der Waals surface area contributed by atoms with E-state index in [-0.39, 0.29) is 17.8 Å². The van der Waals surface area contributed by atoms with Gasteiger partial charge in [0.05, 0.1) is 6.04 Å². The lowest BCUT2D eigenvalue weighted by atomic mass is 9.75. The number of carbonyl (C=O) groups is 1. The fraction of sp³-hybridized carbons (Fsp3) is 0.611. The minimum absolute atomic E-state index is 0.000803. The van der Waals surface area contributed by atoms with Gasteiger partial charge in [-0.05, 0) is 62.4 Å². The molecule has 1 aromatic rings. The topological polar surface area (TPSA) is 32.3 Å². The van der Waals surface area contributed by atoms with Crippen LogP contribution in [0.25, 0.3) is 0 Å². The van der Waals surface area contributed by atoms with Crippen LogP contribution in [0.1, 0.15) is 39.0 Å². The molecular weight excluding hydrogens is 279 g/mol. The molecule has 1 aliphatic carbocycles. The lowest BCUT2D eigenvalue weighted by Crippen LogP contribution is -2.49. The summed E-state index contributed by atoms with van der Waals surface area (Å²) in [6, 6.07) is 5.82. The van der Waals surface area contributed by atoms with Crippen molar-refractivity contribution in [3.63, 3.8) is 0 Å². The highest BCUT2D eigenvalue weighted by atomic mass is 19.1. The zero-order valence-electron chi connectivity index (χ0n) is 13.2. The second-order valence-corrected chi connectivity index (χ2v) is 6.76. The molecule has 0 aromatic heterocycles. The first-order chi connectivity index (χ1) is 10.6. The summed E-state index contributed by atoms with van der Waals surface area (Å²) in [5.41, 5.74) is 0.658. The van der Waals surface area contributed by atoms with E-state index in [4.69, 9.17) is 0 Å². The summed E-state index contributed by atoms with van der Waals surface area (Å²) in [4.78, 5) is 14.7. The van der Waals surface area contributed by atoms with E-state index in [2.05, 4.69) is 10.2 Å². The highest BCUT2D eigenvalue weighted by molar-refractivity contribution is 5.94. The first-order valence-electron chi connectivity index (χ1n) is 8.44. The second kappa shape index (κ2) is 6.78. The van der Waals surface area contributed by atoms with Gasteiger partial charge in [0.25, 0.3) is 0 Å². The molecule has 0 radical (unpaired) electrons. The molecule has 1 amide bonds. The Balaban J connectivity index is 1.57. The zero-order chi connectivity index (χ0) is 15.5. The number of halogens is 1. The van der Waals surface area contributed by atoms with Crippen LogP contribution in [0, 0.1) is 17.7 Å². The van der Waals surface area contributed by atoms with E-state index in [1.807, 2.05) is 6.92 Å². The average Bonchev–Trinajstić information content (AvgIpc) is 2.55. The molecule has 1 N–H and O–H groups in total. The van der Waals surface area contributed by atoms with Gasteiger partial charge in [-0.15, -0.1) is 0 Å². The van der Waals surface area contributed by atoms with E-state index in [0.717, 1.165) is 24.9 Å². The van der Waals surface area contributed by atoms with Crippen molar-refractivity contribution in [2.24, 2.45) is 11.8 Å². The van der Waals surface area contributed by atoms with Crippen molar-refractivity contribution in [1.82, 2.24) is 4.90 Å². The van der Waals surface area contributed by atoms with Crippen LogP contribution < -0.4 is 5.32 Å². The van der Waals surface area contributed by atoms with Gasteiger partial charge in [-0.3, -0.25) is 9.69 Å². The van der Waals surface area contributed by atoms with Crippen LogP contribution in [0.15, 0.2) is 24.3 Å². The summed E-state index contributed by atoms with van der Waals surface area (Å²) in [6.45, 7) is 4.03. The summed E-state index contributed by atoms with van der Waals surface area (Å²) in [6.07, 6.45) is 6.62. The number of nitrogens with zero attached hydrogens (tertiary/aromatic N) is 1. The minimum atomic E-state index is -0.287. The molecule has 22 heavy (non-hydrogen) atoms. The average molecular weight is 304 g/mol. The van der Waals surface area contributed by atoms with E-state index >= 15 is 0 Å². The number of rotatable bonds is 3. The Morgan fingerprint density at radius 3 is 2.59 bits per heavy atom. The highest BCUT2D eigenvalue weighted by Gasteiger charge is 2.34. The molecule has 2 fully saturated rings. The Bertz CT molecular complexity index is 516. The Morgan fingerprint density at radius 1 is 1.18 bits per heavy atom. The van der Waals surface area contributed by atoms with Crippen molar-refractivity contribution in [3.8, 4) is 0 Å². The van der Waals surface area contributed by atoms with Gasteiger partial charge in [0, 0.05) is 12.2 Å². The van der Waals surface area contributed by atoms with Crippen molar-refractivity contribution >= 4 is 11.6 Å². The number of benzene rings is 1. The molecule has 3 rings (SSSR count). The molecule has 2 aliphatic rings. The van der Waals surface area contributed by atoms with Crippen molar-refractivity contribution in [1.29, 1.82) is 0 Å². The largest absolute Gasteiger partial charge is 0.325 e. The Hall–Kier alpha value is -1.42. The Morgan fingerprint density at radius 2 is 1.86 bits per heavy atom. The van der Waals surface area contributed by atoms with Gasteiger partial charge in [0.2, 0.25) is 5.91 Å². The number of hydrogen-bond acceptors (Lipinski definition) is 2. The number of amides is 1. The first kappa shape index (κ1) is 15.5. The van der Waals surface area contributed by atoms with Crippen LogP contribution in [0.2, 0.25) is 0 Å². The smallest absolute Gasteiger partial charge is 0.241 e. The maximum Gasteiger partial charge on any atom is 0.241 e. The molecular formula is C18H25FN2O. The van der Waals surface area contributed by atoms with Crippen LogP contribution in [0.4, 0.5) is 10.1 Å². The third-order valence-electron chi connectivity index (χ3n) is 5.36. The normalized spacial score (nSPS) is 27.0. The minimum Gasteiger partial charge on any atom is -0.325 e. The van der Waals surface area contributed by atoms with Crippen LogP contribution >= 0.6 is 0 Å². The van der Waals surface area contributed by atoms with Crippen molar-refractivity contribution in [2.45, 2.75) is 45.1 Å². The predicted octanol–water partition coefficient (Wildman–Crippen LogP) is 3.66. The number of nitrogens with one attached hydrogen (secondary N) is 1. The number of likely N-dealkylation sites (tertiary alicyclic amines) is 1. The highest BCUT2D eigenvalue weighted by Crippen LogP contribution is 2.36. The van der Waals surface area contributed by atoms with Crippen molar-refractivity contribution in [2.75, 3.05) is 18.4 Å². The molecule has 1 aliphatic heterocycles. The third kappa shape index (κ3) is 3.49. The van der Waals surface area contributed by atoms with Crippen LogP contribution in [0.3, 0.4) is 0 Å².